The summed E-state index contributed by atoms with van der Waals surface area (Å²) in [6.07, 6.45) is 4.27. The molecule has 0 spiro atoms. The third-order valence-corrected chi connectivity index (χ3v) is 1.63. The normalized spacial score (nSPS) is 10.8. The van der Waals surface area contributed by atoms with Gasteiger partial charge in [0.2, 0.25) is 0 Å². The van der Waals surface area contributed by atoms with Gasteiger partial charge in [-0.2, -0.15) is 0 Å². The summed E-state index contributed by atoms with van der Waals surface area (Å²) in [6, 6.07) is 0. The van der Waals surface area contributed by atoms with E-state index in [4.69, 9.17) is 0 Å². The molecule has 0 atom stereocenters. The highest BCUT2D eigenvalue weighted by Gasteiger charge is 2.25. The quantitative estimate of drug-likeness (QED) is 0.614. The van der Waals surface area contributed by atoms with Crippen molar-refractivity contribution in [1.29, 1.82) is 0 Å². The number of carbonyl (C=O) groups is 1. The minimum Gasteiger partial charge on any atom is -0.389 e. The zero-order valence-electron chi connectivity index (χ0n) is 7.55. The van der Waals surface area contributed by atoms with Gasteiger partial charge in [-0.1, -0.05) is 12.2 Å². The Bertz CT molecular complexity index is 172. The molecule has 0 aliphatic rings. The van der Waals surface area contributed by atoms with E-state index in [2.05, 4.69) is 13.2 Å². The summed E-state index contributed by atoms with van der Waals surface area (Å²) in [6.45, 7) is 8.53. The van der Waals surface area contributed by atoms with Crippen LogP contribution >= 0.6 is 0 Å². The van der Waals surface area contributed by atoms with Crippen LogP contribution in [0.2, 0.25) is 0 Å². The van der Waals surface area contributed by atoms with Crippen LogP contribution in [0.4, 0.5) is 0 Å². The summed E-state index contributed by atoms with van der Waals surface area (Å²) in [5, 5.41) is 9.82. The zero-order valence-corrected chi connectivity index (χ0v) is 7.55. The number of rotatable bonds is 6. The lowest BCUT2D eigenvalue weighted by Gasteiger charge is -2.23. The van der Waals surface area contributed by atoms with E-state index in [1.54, 1.807) is 12.2 Å². The SMILES string of the molecule is C=CCC(O)(CC=C)CC(C)=O. The number of carbonyl (C=O) groups excluding carboxylic acids is 1. The monoisotopic (exact) mass is 168 g/mol. The van der Waals surface area contributed by atoms with Gasteiger partial charge in [0.25, 0.3) is 0 Å². The molecular formula is C10H16O2. The van der Waals surface area contributed by atoms with Crippen molar-refractivity contribution in [2.75, 3.05) is 0 Å². The maximum Gasteiger partial charge on any atom is 0.132 e. The van der Waals surface area contributed by atoms with E-state index in [0.29, 0.717) is 12.8 Å². The molecule has 0 amide bonds. The van der Waals surface area contributed by atoms with E-state index in [-0.39, 0.29) is 12.2 Å². The van der Waals surface area contributed by atoms with Gasteiger partial charge in [-0.25, -0.2) is 0 Å². The predicted octanol–water partition coefficient (Wildman–Crippen LogP) is 1.85. The first-order valence-electron chi connectivity index (χ1n) is 3.97. The Morgan fingerprint density at radius 1 is 1.42 bits per heavy atom. The number of hydrogen-bond acceptors (Lipinski definition) is 2. The van der Waals surface area contributed by atoms with E-state index < -0.39 is 5.60 Å². The number of hydrogen-bond donors (Lipinski definition) is 1. The van der Waals surface area contributed by atoms with Crippen LogP contribution in [-0.2, 0) is 4.79 Å². The van der Waals surface area contributed by atoms with Gasteiger partial charge in [-0.15, -0.1) is 13.2 Å². The number of ketones is 1. The van der Waals surface area contributed by atoms with Crippen molar-refractivity contribution in [1.82, 2.24) is 0 Å². The molecule has 68 valence electrons. The van der Waals surface area contributed by atoms with Crippen LogP contribution < -0.4 is 0 Å². The summed E-state index contributed by atoms with van der Waals surface area (Å²) in [4.78, 5) is 10.8. The smallest absolute Gasteiger partial charge is 0.132 e. The van der Waals surface area contributed by atoms with E-state index >= 15 is 0 Å². The van der Waals surface area contributed by atoms with E-state index in [9.17, 15) is 9.90 Å². The van der Waals surface area contributed by atoms with Crippen LogP contribution in [0.15, 0.2) is 25.3 Å². The molecule has 0 aromatic heterocycles. The molecule has 0 aliphatic heterocycles. The molecule has 0 aliphatic carbocycles. The van der Waals surface area contributed by atoms with E-state index in [1.165, 1.54) is 6.92 Å². The van der Waals surface area contributed by atoms with Crippen molar-refractivity contribution in [2.45, 2.75) is 31.8 Å². The van der Waals surface area contributed by atoms with Crippen molar-refractivity contribution < 1.29 is 9.90 Å². The van der Waals surface area contributed by atoms with Crippen molar-refractivity contribution in [3.05, 3.63) is 25.3 Å². The molecule has 0 rings (SSSR count). The minimum atomic E-state index is -0.963. The summed E-state index contributed by atoms with van der Waals surface area (Å²) < 4.78 is 0. The molecule has 0 aromatic carbocycles. The Morgan fingerprint density at radius 2 is 1.83 bits per heavy atom. The molecule has 0 aromatic rings. The second-order valence-corrected chi connectivity index (χ2v) is 3.09. The van der Waals surface area contributed by atoms with Gasteiger partial charge in [0.1, 0.15) is 5.78 Å². The van der Waals surface area contributed by atoms with Gasteiger partial charge in [-0.3, -0.25) is 4.79 Å². The van der Waals surface area contributed by atoms with Crippen molar-refractivity contribution in [3.63, 3.8) is 0 Å². The van der Waals surface area contributed by atoms with Crippen molar-refractivity contribution >= 4 is 5.78 Å². The van der Waals surface area contributed by atoms with Crippen LogP contribution in [0.25, 0.3) is 0 Å². The fraction of sp³-hybridized carbons (Fsp3) is 0.500. The highest BCUT2D eigenvalue weighted by atomic mass is 16.3. The average Bonchev–Trinajstić information content (AvgIpc) is 1.85. The Balaban J connectivity index is 4.25. The highest BCUT2D eigenvalue weighted by Crippen LogP contribution is 2.21. The Labute approximate surface area is 73.6 Å². The van der Waals surface area contributed by atoms with Gasteiger partial charge in [0.15, 0.2) is 0 Å². The molecule has 2 heteroatoms. The summed E-state index contributed by atoms with van der Waals surface area (Å²) in [5.41, 5.74) is -0.963. The first-order valence-corrected chi connectivity index (χ1v) is 3.97. The van der Waals surface area contributed by atoms with Crippen LogP contribution in [0.1, 0.15) is 26.2 Å². The lowest BCUT2D eigenvalue weighted by atomic mass is 9.90. The van der Waals surface area contributed by atoms with Crippen LogP contribution in [0.5, 0.6) is 0 Å². The fourth-order valence-electron chi connectivity index (χ4n) is 1.23. The first-order chi connectivity index (χ1) is 5.54. The molecule has 0 fully saturated rings. The molecule has 0 bridgehead atoms. The molecular weight excluding hydrogens is 152 g/mol. The molecule has 0 heterocycles. The van der Waals surface area contributed by atoms with E-state index in [1.807, 2.05) is 0 Å². The number of Topliss-reactive ketones (excluding diaryl/α,β-unsaturated/α-hetero) is 1. The van der Waals surface area contributed by atoms with Crippen LogP contribution in [0, 0.1) is 0 Å². The maximum absolute atomic E-state index is 10.8. The van der Waals surface area contributed by atoms with Crippen LogP contribution in [-0.4, -0.2) is 16.5 Å². The lowest BCUT2D eigenvalue weighted by Crippen LogP contribution is -2.29. The molecule has 2 nitrogen and oxygen atoms in total. The standard InChI is InChI=1S/C10H16O2/c1-4-6-10(12,7-5-2)8-9(3)11/h4-5,12H,1-2,6-8H2,3H3. The first kappa shape index (κ1) is 11.1. The lowest BCUT2D eigenvalue weighted by molar-refractivity contribution is -0.121. The van der Waals surface area contributed by atoms with Crippen molar-refractivity contribution in [2.24, 2.45) is 0 Å². The predicted molar refractivity (Wildman–Crippen MR) is 49.9 cm³/mol. The largest absolute Gasteiger partial charge is 0.389 e. The topological polar surface area (TPSA) is 37.3 Å². The van der Waals surface area contributed by atoms with Gasteiger partial charge in [-0.05, 0) is 19.8 Å². The van der Waals surface area contributed by atoms with Gasteiger partial charge in [0.05, 0.1) is 5.60 Å². The van der Waals surface area contributed by atoms with Gasteiger partial charge in [0, 0.05) is 6.42 Å². The molecule has 0 saturated carbocycles. The molecule has 12 heavy (non-hydrogen) atoms. The average molecular weight is 168 g/mol. The fourth-order valence-corrected chi connectivity index (χ4v) is 1.23. The minimum absolute atomic E-state index is 0.0128. The van der Waals surface area contributed by atoms with Gasteiger partial charge >= 0.3 is 0 Å². The molecule has 0 saturated heterocycles. The second-order valence-electron chi connectivity index (χ2n) is 3.09. The third kappa shape index (κ3) is 4.09. The molecule has 1 N–H and O–H groups in total. The Morgan fingerprint density at radius 3 is 2.08 bits per heavy atom. The van der Waals surface area contributed by atoms with Gasteiger partial charge < -0.3 is 5.11 Å². The summed E-state index contributed by atoms with van der Waals surface area (Å²) >= 11 is 0. The van der Waals surface area contributed by atoms with E-state index in [0.717, 1.165) is 0 Å². The Hall–Kier alpha value is -0.890. The Kier molecular flexibility index (Phi) is 4.52. The zero-order chi connectivity index (χ0) is 9.61. The number of aliphatic hydroxyl groups is 1. The maximum atomic E-state index is 10.8. The summed E-state index contributed by atoms with van der Waals surface area (Å²) in [5.74, 6) is -0.0128. The molecule has 0 radical (unpaired) electrons. The highest BCUT2D eigenvalue weighted by molar-refractivity contribution is 5.76. The molecule has 0 unspecified atom stereocenters. The second kappa shape index (κ2) is 4.88. The van der Waals surface area contributed by atoms with Crippen LogP contribution in [0.3, 0.4) is 0 Å². The van der Waals surface area contributed by atoms with Crippen molar-refractivity contribution in [3.8, 4) is 0 Å². The summed E-state index contributed by atoms with van der Waals surface area (Å²) in [7, 11) is 0. The third-order valence-electron chi connectivity index (χ3n) is 1.63.